The summed E-state index contributed by atoms with van der Waals surface area (Å²) in [7, 11) is 0. The zero-order valence-electron chi connectivity index (χ0n) is 9.95. The molecule has 1 saturated carbocycles. The topological polar surface area (TPSA) is 91.8 Å². The highest BCUT2D eigenvalue weighted by atomic mass is 16.4. The lowest BCUT2D eigenvalue weighted by Gasteiger charge is -2.06. The van der Waals surface area contributed by atoms with Crippen LogP contribution in [-0.2, 0) is 0 Å². The second-order valence-corrected chi connectivity index (χ2v) is 4.41. The van der Waals surface area contributed by atoms with Crippen molar-refractivity contribution in [3.05, 3.63) is 41.5 Å². The molecular formula is C13H10N4O2. The van der Waals surface area contributed by atoms with Crippen molar-refractivity contribution < 1.29 is 9.90 Å². The molecule has 0 amide bonds. The van der Waals surface area contributed by atoms with Crippen LogP contribution in [0.15, 0.2) is 24.3 Å². The molecular weight excluding hydrogens is 244 g/mol. The van der Waals surface area contributed by atoms with Crippen LogP contribution in [0, 0.1) is 11.3 Å². The average molecular weight is 254 g/mol. The van der Waals surface area contributed by atoms with E-state index in [-0.39, 0.29) is 11.7 Å². The van der Waals surface area contributed by atoms with Gasteiger partial charge in [-0.25, -0.2) is 14.5 Å². The van der Waals surface area contributed by atoms with Gasteiger partial charge >= 0.3 is 5.97 Å². The Labute approximate surface area is 108 Å². The van der Waals surface area contributed by atoms with E-state index >= 15 is 0 Å². The van der Waals surface area contributed by atoms with Gasteiger partial charge in [0.15, 0.2) is 0 Å². The Bertz CT molecular complexity index is 695. The van der Waals surface area contributed by atoms with Crippen LogP contribution in [0.2, 0.25) is 0 Å². The zero-order valence-corrected chi connectivity index (χ0v) is 9.95. The van der Waals surface area contributed by atoms with Crippen LogP contribution in [0.4, 0.5) is 0 Å². The minimum Gasteiger partial charge on any atom is -0.475 e. The maximum atomic E-state index is 11.0. The molecule has 6 heteroatoms. The Kier molecular flexibility index (Phi) is 2.53. The number of nitrogens with zero attached hydrogens (tertiary/aromatic N) is 4. The SMILES string of the molecule is N#Cc1ccccc1-n1nc(C(=O)O)nc1C1CC1. The number of hydrogen-bond donors (Lipinski definition) is 1. The van der Waals surface area contributed by atoms with E-state index in [0.29, 0.717) is 17.1 Å². The molecule has 1 aromatic carbocycles. The minimum atomic E-state index is -1.16. The molecule has 94 valence electrons. The summed E-state index contributed by atoms with van der Waals surface area (Å²) >= 11 is 0. The maximum Gasteiger partial charge on any atom is 0.375 e. The molecule has 1 aliphatic carbocycles. The number of aromatic nitrogens is 3. The van der Waals surface area contributed by atoms with Gasteiger partial charge < -0.3 is 5.11 Å². The van der Waals surface area contributed by atoms with Crippen LogP contribution >= 0.6 is 0 Å². The maximum absolute atomic E-state index is 11.0. The van der Waals surface area contributed by atoms with Gasteiger partial charge in [0.25, 0.3) is 5.82 Å². The summed E-state index contributed by atoms with van der Waals surface area (Å²) in [6, 6.07) is 9.04. The molecule has 1 aliphatic rings. The Balaban J connectivity index is 2.18. The lowest BCUT2D eigenvalue weighted by molar-refractivity contribution is 0.0683. The first-order valence-corrected chi connectivity index (χ1v) is 5.90. The van der Waals surface area contributed by atoms with Gasteiger partial charge in [-0.2, -0.15) is 5.26 Å². The second kappa shape index (κ2) is 4.21. The van der Waals surface area contributed by atoms with E-state index < -0.39 is 5.97 Å². The van der Waals surface area contributed by atoms with Crippen LogP contribution in [0.5, 0.6) is 0 Å². The monoisotopic (exact) mass is 254 g/mol. The fourth-order valence-electron chi connectivity index (χ4n) is 1.95. The predicted octanol–water partition coefficient (Wildman–Crippen LogP) is 1.71. The highest BCUT2D eigenvalue weighted by Gasteiger charge is 2.31. The van der Waals surface area contributed by atoms with E-state index in [4.69, 9.17) is 10.4 Å². The zero-order chi connectivity index (χ0) is 13.4. The summed E-state index contributed by atoms with van der Waals surface area (Å²) in [5.74, 6) is -0.516. The van der Waals surface area contributed by atoms with Crippen LogP contribution < -0.4 is 0 Å². The lowest BCUT2D eigenvalue weighted by Crippen LogP contribution is -2.05. The fraction of sp³-hybridized carbons (Fsp3) is 0.231. The van der Waals surface area contributed by atoms with Crippen molar-refractivity contribution in [3.63, 3.8) is 0 Å². The number of carboxylic acid groups (broad SMARTS) is 1. The van der Waals surface area contributed by atoms with Gasteiger partial charge in [0.2, 0.25) is 0 Å². The quantitative estimate of drug-likeness (QED) is 0.900. The van der Waals surface area contributed by atoms with Gasteiger partial charge in [0.1, 0.15) is 11.9 Å². The molecule has 1 fully saturated rings. The van der Waals surface area contributed by atoms with Crippen molar-refractivity contribution in [1.29, 1.82) is 5.26 Å². The van der Waals surface area contributed by atoms with Crippen molar-refractivity contribution >= 4 is 5.97 Å². The molecule has 3 rings (SSSR count). The summed E-state index contributed by atoms with van der Waals surface area (Å²) in [6.07, 6.45) is 1.96. The third-order valence-corrected chi connectivity index (χ3v) is 3.02. The van der Waals surface area contributed by atoms with Gasteiger partial charge in [-0.15, -0.1) is 5.10 Å². The summed E-state index contributed by atoms with van der Waals surface area (Å²) in [5.41, 5.74) is 1.03. The molecule has 1 heterocycles. The molecule has 0 saturated heterocycles. The molecule has 6 nitrogen and oxygen atoms in total. The predicted molar refractivity (Wildman–Crippen MR) is 65.0 cm³/mol. The van der Waals surface area contributed by atoms with Crippen LogP contribution in [-0.4, -0.2) is 25.8 Å². The van der Waals surface area contributed by atoms with E-state index in [1.54, 1.807) is 24.3 Å². The molecule has 0 atom stereocenters. The Hall–Kier alpha value is -2.68. The average Bonchev–Trinajstić information content (AvgIpc) is 3.17. The first-order chi connectivity index (χ1) is 9.20. The fourth-order valence-corrected chi connectivity index (χ4v) is 1.95. The Morgan fingerprint density at radius 2 is 2.16 bits per heavy atom. The summed E-state index contributed by atoms with van der Waals surface area (Å²) < 4.78 is 1.49. The summed E-state index contributed by atoms with van der Waals surface area (Å²) in [4.78, 5) is 15.1. The first-order valence-electron chi connectivity index (χ1n) is 5.90. The molecule has 1 aromatic heterocycles. The van der Waals surface area contributed by atoms with Crippen LogP contribution in [0.25, 0.3) is 5.69 Å². The van der Waals surface area contributed by atoms with Gasteiger partial charge in [-0.3, -0.25) is 0 Å². The standard InChI is InChI=1S/C13H10N4O2/c14-7-9-3-1-2-4-10(9)17-12(8-5-6-8)15-11(16-17)13(18)19/h1-4,8H,5-6H2,(H,18,19). The van der Waals surface area contributed by atoms with Crippen molar-refractivity contribution in [2.24, 2.45) is 0 Å². The third kappa shape index (κ3) is 1.95. The minimum absolute atomic E-state index is 0.227. The van der Waals surface area contributed by atoms with Gasteiger partial charge in [0, 0.05) is 5.92 Å². The normalized spacial score (nSPS) is 14.1. The highest BCUT2D eigenvalue weighted by molar-refractivity contribution is 5.83. The molecule has 2 aromatic rings. The van der Waals surface area contributed by atoms with E-state index in [9.17, 15) is 4.79 Å². The molecule has 0 spiro atoms. The third-order valence-electron chi connectivity index (χ3n) is 3.02. The van der Waals surface area contributed by atoms with Crippen LogP contribution in [0.3, 0.4) is 0 Å². The van der Waals surface area contributed by atoms with E-state index in [1.807, 2.05) is 0 Å². The number of rotatable bonds is 3. The Morgan fingerprint density at radius 3 is 2.79 bits per heavy atom. The number of nitriles is 1. The van der Waals surface area contributed by atoms with Crippen molar-refractivity contribution in [2.75, 3.05) is 0 Å². The van der Waals surface area contributed by atoms with Gasteiger partial charge in [-0.1, -0.05) is 12.1 Å². The number of hydrogen-bond acceptors (Lipinski definition) is 4. The molecule has 1 N–H and O–H groups in total. The Morgan fingerprint density at radius 1 is 1.42 bits per heavy atom. The smallest absolute Gasteiger partial charge is 0.375 e. The summed E-state index contributed by atoms with van der Waals surface area (Å²) in [5, 5.41) is 22.1. The number of benzene rings is 1. The van der Waals surface area contributed by atoms with E-state index in [0.717, 1.165) is 12.8 Å². The number of para-hydroxylation sites is 1. The molecule has 0 aliphatic heterocycles. The number of carbonyl (C=O) groups is 1. The molecule has 19 heavy (non-hydrogen) atoms. The van der Waals surface area contributed by atoms with Crippen molar-refractivity contribution in [2.45, 2.75) is 18.8 Å². The van der Waals surface area contributed by atoms with Crippen molar-refractivity contribution in [3.8, 4) is 11.8 Å². The van der Waals surface area contributed by atoms with Crippen molar-refractivity contribution in [1.82, 2.24) is 14.8 Å². The van der Waals surface area contributed by atoms with E-state index in [1.165, 1.54) is 4.68 Å². The lowest BCUT2D eigenvalue weighted by atomic mass is 10.2. The highest BCUT2D eigenvalue weighted by Crippen LogP contribution is 2.40. The molecule has 0 bridgehead atoms. The second-order valence-electron chi connectivity index (χ2n) is 4.41. The first kappa shape index (κ1) is 11.4. The summed E-state index contributed by atoms with van der Waals surface area (Å²) in [6.45, 7) is 0. The van der Waals surface area contributed by atoms with Gasteiger partial charge in [-0.05, 0) is 25.0 Å². The van der Waals surface area contributed by atoms with Gasteiger partial charge in [0.05, 0.1) is 11.3 Å². The number of aromatic carboxylic acids is 1. The number of carboxylic acids is 1. The molecule has 0 radical (unpaired) electrons. The van der Waals surface area contributed by atoms with E-state index in [2.05, 4.69) is 16.2 Å². The largest absolute Gasteiger partial charge is 0.475 e. The molecule has 0 unspecified atom stereocenters. The van der Waals surface area contributed by atoms with Crippen LogP contribution in [0.1, 0.15) is 40.8 Å².